The SMILES string of the molecule is CCCCN(CCCC)c1ccc(C(C)OCC)c(Nc2ccc3c(c2)C2(OC(=O)c4ccccc42)c2ccccc2O3)c1. The number of para-hydroxylation sites is 1. The van der Waals surface area contributed by atoms with Gasteiger partial charge in [-0.05, 0) is 69.2 Å². The van der Waals surface area contributed by atoms with Crippen LogP contribution in [0.5, 0.6) is 11.5 Å². The van der Waals surface area contributed by atoms with Crippen molar-refractivity contribution in [2.24, 2.45) is 0 Å². The molecule has 1 N–H and O–H groups in total. The van der Waals surface area contributed by atoms with Crippen LogP contribution in [0.25, 0.3) is 0 Å². The van der Waals surface area contributed by atoms with Gasteiger partial charge >= 0.3 is 5.97 Å². The van der Waals surface area contributed by atoms with Crippen molar-refractivity contribution in [2.45, 2.75) is 65.1 Å². The number of fused-ring (bicyclic) bond motifs is 6. The van der Waals surface area contributed by atoms with E-state index in [2.05, 4.69) is 55.3 Å². The van der Waals surface area contributed by atoms with Gasteiger partial charge in [-0.1, -0.05) is 69.2 Å². The highest BCUT2D eigenvalue weighted by molar-refractivity contribution is 5.97. The third-order valence-electron chi connectivity index (χ3n) is 8.72. The van der Waals surface area contributed by atoms with E-state index in [1.165, 1.54) is 5.69 Å². The molecular weight excluding hydrogens is 548 g/mol. The van der Waals surface area contributed by atoms with E-state index in [4.69, 9.17) is 14.2 Å². The number of benzene rings is 4. The lowest BCUT2D eigenvalue weighted by Crippen LogP contribution is -2.33. The number of carbonyl (C=O) groups excluding carboxylic acids is 1. The van der Waals surface area contributed by atoms with E-state index in [0.29, 0.717) is 23.7 Å². The number of ether oxygens (including phenoxy) is 3. The molecule has 44 heavy (non-hydrogen) atoms. The molecule has 4 aromatic carbocycles. The summed E-state index contributed by atoms with van der Waals surface area (Å²) in [5.74, 6) is 1.02. The van der Waals surface area contributed by atoms with Crippen LogP contribution in [-0.4, -0.2) is 25.7 Å². The monoisotopic (exact) mass is 590 g/mol. The van der Waals surface area contributed by atoms with Gasteiger partial charge in [0.15, 0.2) is 5.60 Å². The first-order chi connectivity index (χ1) is 21.5. The van der Waals surface area contributed by atoms with Crippen molar-refractivity contribution in [3.8, 4) is 11.5 Å². The number of esters is 1. The van der Waals surface area contributed by atoms with E-state index in [9.17, 15) is 4.79 Å². The summed E-state index contributed by atoms with van der Waals surface area (Å²) in [5.41, 5.74) is 6.08. The Bertz CT molecular complexity index is 1640. The summed E-state index contributed by atoms with van der Waals surface area (Å²) in [6, 6.07) is 28.2. The third kappa shape index (κ3) is 5.32. The van der Waals surface area contributed by atoms with Gasteiger partial charge in [0.25, 0.3) is 0 Å². The van der Waals surface area contributed by atoms with E-state index in [-0.39, 0.29) is 12.1 Å². The Morgan fingerprint density at radius 1 is 0.818 bits per heavy atom. The first kappa shape index (κ1) is 29.8. The molecule has 0 amide bonds. The molecule has 0 aromatic heterocycles. The molecule has 0 fully saturated rings. The minimum absolute atomic E-state index is 0.0851. The second kappa shape index (κ2) is 12.7. The standard InChI is InChI=1S/C38H42N2O4/c1-5-8-22-40(23-9-6-2)28-19-20-29(26(4)42-7-3)34(25-28)39-27-18-21-36-33(24-27)38(32-16-12-13-17-35(32)43-36)31-15-11-10-14-30(31)37(41)44-38/h10-21,24-26,39H,5-9,22-23H2,1-4H3. The Morgan fingerprint density at radius 2 is 1.52 bits per heavy atom. The number of nitrogens with one attached hydrogen (secondary N) is 1. The van der Waals surface area contributed by atoms with E-state index in [1.807, 2.05) is 67.6 Å². The fraction of sp³-hybridized carbons (Fsp3) is 0.342. The molecule has 0 radical (unpaired) electrons. The smallest absolute Gasteiger partial charge is 0.340 e. The van der Waals surface area contributed by atoms with Crippen LogP contribution in [0.15, 0.2) is 84.9 Å². The zero-order chi connectivity index (χ0) is 30.7. The van der Waals surface area contributed by atoms with Gasteiger partial charge in [-0.3, -0.25) is 0 Å². The van der Waals surface area contributed by atoms with Gasteiger partial charge < -0.3 is 24.4 Å². The van der Waals surface area contributed by atoms with Crippen molar-refractivity contribution < 1.29 is 19.0 Å². The first-order valence-corrected chi connectivity index (χ1v) is 16.0. The van der Waals surface area contributed by atoms with Gasteiger partial charge in [0.2, 0.25) is 0 Å². The Labute approximate surface area is 261 Å². The number of unbranched alkanes of at least 4 members (excludes halogenated alkanes) is 2. The Balaban J connectivity index is 1.45. The average Bonchev–Trinajstić information content (AvgIpc) is 3.34. The van der Waals surface area contributed by atoms with Gasteiger partial charge in [0.1, 0.15) is 11.5 Å². The number of carbonyl (C=O) groups is 1. The number of hydrogen-bond acceptors (Lipinski definition) is 6. The molecule has 2 aliphatic rings. The zero-order valence-electron chi connectivity index (χ0n) is 26.2. The van der Waals surface area contributed by atoms with Crippen LogP contribution in [0, 0.1) is 0 Å². The highest BCUT2D eigenvalue weighted by Crippen LogP contribution is 2.56. The molecule has 1 spiro atoms. The van der Waals surface area contributed by atoms with Crippen LogP contribution in [0.1, 0.15) is 92.1 Å². The number of hydrogen-bond donors (Lipinski definition) is 1. The minimum atomic E-state index is -1.10. The fourth-order valence-corrected chi connectivity index (χ4v) is 6.47. The van der Waals surface area contributed by atoms with Gasteiger partial charge in [0.05, 0.1) is 11.7 Å². The topological polar surface area (TPSA) is 60.0 Å². The molecule has 6 heteroatoms. The first-order valence-electron chi connectivity index (χ1n) is 16.0. The fourth-order valence-electron chi connectivity index (χ4n) is 6.47. The van der Waals surface area contributed by atoms with Gasteiger partial charge in [-0.15, -0.1) is 0 Å². The van der Waals surface area contributed by atoms with Crippen LogP contribution in [0.2, 0.25) is 0 Å². The van der Waals surface area contributed by atoms with Crippen molar-refractivity contribution >= 4 is 23.0 Å². The molecule has 2 unspecified atom stereocenters. The van der Waals surface area contributed by atoms with Crippen molar-refractivity contribution in [3.05, 3.63) is 113 Å². The largest absolute Gasteiger partial charge is 0.456 e. The van der Waals surface area contributed by atoms with Gasteiger partial charge in [-0.25, -0.2) is 4.79 Å². The molecular formula is C38H42N2O4. The van der Waals surface area contributed by atoms with Gasteiger partial charge in [-0.2, -0.15) is 0 Å². The van der Waals surface area contributed by atoms with E-state index >= 15 is 0 Å². The maximum Gasteiger partial charge on any atom is 0.340 e. The second-order valence-electron chi connectivity index (χ2n) is 11.6. The molecule has 4 aromatic rings. The molecule has 228 valence electrons. The second-order valence-corrected chi connectivity index (χ2v) is 11.6. The Morgan fingerprint density at radius 3 is 2.27 bits per heavy atom. The molecule has 0 saturated carbocycles. The van der Waals surface area contributed by atoms with Crippen LogP contribution in [-0.2, 0) is 15.1 Å². The molecule has 0 bridgehead atoms. The van der Waals surface area contributed by atoms with E-state index in [1.54, 1.807) is 0 Å². The lowest BCUT2D eigenvalue weighted by atomic mass is 9.77. The van der Waals surface area contributed by atoms with E-state index < -0.39 is 5.60 Å². The van der Waals surface area contributed by atoms with Crippen molar-refractivity contribution in [3.63, 3.8) is 0 Å². The van der Waals surface area contributed by atoms with Crippen LogP contribution in [0.4, 0.5) is 17.1 Å². The molecule has 2 aliphatic heterocycles. The Kier molecular flexibility index (Phi) is 8.62. The predicted molar refractivity (Wildman–Crippen MR) is 176 cm³/mol. The molecule has 6 rings (SSSR count). The summed E-state index contributed by atoms with van der Waals surface area (Å²) in [6.07, 6.45) is 4.53. The summed E-state index contributed by atoms with van der Waals surface area (Å²) in [5, 5.41) is 3.73. The number of nitrogens with zero attached hydrogens (tertiary/aromatic N) is 1. The summed E-state index contributed by atoms with van der Waals surface area (Å²) in [7, 11) is 0. The zero-order valence-corrected chi connectivity index (χ0v) is 26.2. The van der Waals surface area contributed by atoms with Crippen molar-refractivity contribution in [1.82, 2.24) is 0 Å². The quantitative estimate of drug-likeness (QED) is 0.166. The van der Waals surface area contributed by atoms with Crippen LogP contribution >= 0.6 is 0 Å². The summed E-state index contributed by atoms with van der Waals surface area (Å²) < 4.78 is 18.8. The maximum absolute atomic E-state index is 13.3. The normalized spacial score (nSPS) is 16.9. The molecule has 6 nitrogen and oxygen atoms in total. The predicted octanol–water partition coefficient (Wildman–Crippen LogP) is 9.50. The molecule has 2 atom stereocenters. The highest BCUT2D eigenvalue weighted by atomic mass is 16.6. The molecule has 2 heterocycles. The third-order valence-corrected chi connectivity index (χ3v) is 8.72. The number of rotatable bonds is 12. The molecule has 0 aliphatic carbocycles. The summed E-state index contributed by atoms with van der Waals surface area (Å²) in [6.45, 7) is 11.3. The lowest BCUT2D eigenvalue weighted by molar-refractivity contribution is 0.0224. The highest BCUT2D eigenvalue weighted by Gasteiger charge is 2.53. The van der Waals surface area contributed by atoms with Crippen LogP contribution < -0.4 is 15.0 Å². The average molecular weight is 591 g/mol. The van der Waals surface area contributed by atoms with Gasteiger partial charge in [0, 0.05) is 59.0 Å². The molecule has 0 saturated heterocycles. The summed E-state index contributed by atoms with van der Waals surface area (Å²) in [4.78, 5) is 15.8. The maximum atomic E-state index is 13.3. The summed E-state index contributed by atoms with van der Waals surface area (Å²) >= 11 is 0. The minimum Gasteiger partial charge on any atom is -0.456 e. The number of anilines is 3. The van der Waals surface area contributed by atoms with Crippen molar-refractivity contribution in [1.29, 1.82) is 0 Å². The van der Waals surface area contributed by atoms with Crippen molar-refractivity contribution in [2.75, 3.05) is 29.9 Å². The van der Waals surface area contributed by atoms with Crippen LogP contribution in [0.3, 0.4) is 0 Å². The Hall–Kier alpha value is -4.29. The van der Waals surface area contributed by atoms with E-state index in [0.717, 1.165) is 72.4 Å². The lowest BCUT2D eigenvalue weighted by Gasteiger charge is -2.36.